The van der Waals surface area contributed by atoms with Gasteiger partial charge in [0.15, 0.2) is 0 Å². The van der Waals surface area contributed by atoms with E-state index >= 15 is 0 Å². The fourth-order valence-electron chi connectivity index (χ4n) is 0. The minimum atomic E-state index is 0. The molecule has 0 fully saturated rings. The maximum atomic E-state index is 0. The molecule has 0 amide bonds. The third-order valence-corrected chi connectivity index (χ3v) is 0. The number of rotatable bonds is 0. The molecular formula is H18Na2O9. The molecule has 11 heavy (non-hydrogen) atoms. The summed E-state index contributed by atoms with van der Waals surface area (Å²) in [7, 11) is 0. The first-order chi connectivity index (χ1) is 0. The van der Waals surface area contributed by atoms with Crippen LogP contribution in [-0.4, -0.2) is 108 Å². The summed E-state index contributed by atoms with van der Waals surface area (Å²) in [5.41, 5.74) is 0. The van der Waals surface area contributed by atoms with E-state index < -0.39 is 0 Å². The van der Waals surface area contributed by atoms with Crippen LogP contribution in [0.3, 0.4) is 0 Å². The summed E-state index contributed by atoms with van der Waals surface area (Å²) in [6.45, 7) is 0. The van der Waals surface area contributed by atoms with Crippen molar-refractivity contribution in [3.63, 3.8) is 0 Å². The van der Waals surface area contributed by atoms with Gasteiger partial charge in [0.25, 0.3) is 0 Å². The molecule has 0 spiro atoms. The molecule has 18 N–H and O–H groups in total. The summed E-state index contributed by atoms with van der Waals surface area (Å²) in [6.07, 6.45) is 0. The molecule has 2 radical (unpaired) electrons. The van der Waals surface area contributed by atoms with Gasteiger partial charge in [0.1, 0.15) is 0 Å². The second-order valence-corrected chi connectivity index (χ2v) is 0. The van der Waals surface area contributed by atoms with Crippen LogP contribution < -0.4 is 0 Å². The van der Waals surface area contributed by atoms with Crippen molar-refractivity contribution in [2.24, 2.45) is 0 Å². The summed E-state index contributed by atoms with van der Waals surface area (Å²) in [5.74, 6) is 0. The fraction of sp³-hybridized carbons (Fsp3) is 0. The zero-order valence-electron chi connectivity index (χ0n) is 6.50. The van der Waals surface area contributed by atoms with Crippen LogP contribution in [0, 0.1) is 0 Å². The SMILES string of the molecule is O.O.O.O.O.O.O.O.O.[Na].[Na]. The molecule has 0 aliphatic rings. The van der Waals surface area contributed by atoms with Crippen LogP contribution in [0.1, 0.15) is 0 Å². The van der Waals surface area contributed by atoms with Crippen LogP contribution in [0.2, 0.25) is 0 Å². The molecule has 74 valence electrons. The first-order valence-corrected chi connectivity index (χ1v) is 0. The van der Waals surface area contributed by atoms with Crippen molar-refractivity contribution in [2.75, 3.05) is 0 Å². The van der Waals surface area contributed by atoms with Gasteiger partial charge >= 0.3 is 0 Å². The number of hydrogen-bond donors (Lipinski definition) is 0. The van der Waals surface area contributed by atoms with Gasteiger partial charge in [-0.05, 0) is 0 Å². The van der Waals surface area contributed by atoms with E-state index in [1.165, 1.54) is 0 Å². The minimum absolute atomic E-state index is 0. The van der Waals surface area contributed by atoms with E-state index in [-0.39, 0.29) is 108 Å². The van der Waals surface area contributed by atoms with Crippen LogP contribution in [0.5, 0.6) is 0 Å². The van der Waals surface area contributed by atoms with Gasteiger partial charge < -0.3 is 49.3 Å². The maximum Gasteiger partial charge on any atom is 0 e. The molecule has 0 bridgehead atoms. The molecule has 0 aromatic carbocycles. The summed E-state index contributed by atoms with van der Waals surface area (Å²) in [4.78, 5) is 0. The third-order valence-electron chi connectivity index (χ3n) is 0. The van der Waals surface area contributed by atoms with Crippen molar-refractivity contribution in [3.8, 4) is 0 Å². The van der Waals surface area contributed by atoms with Crippen molar-refractivity contribution in [1.82, 2.24) is 0 Å². The topological polar surface area (TPSA) is 284 Å². The Bertz CT molecular complexity index is 7.52. The smallest absolute Gasteiger partial charge is 0 e. The minimum Gasteiger partial charge on any atom is -0.412 e. The first kappa shape index (κ1) is 637. The Balaban J connectivity index is 0. The molecule has 0 atom stereocenters. The summed E-state index contributed by atoms with van der Waals surface area (Å²) >= 11 is 0. The Labute approximate surface area is 108 Å². The van der Waals surface area contributed by atoms with Crippen LogP contribution in [0.25, 0.3) is 0 Å². The summed E-state index contributed by atoms with van der Waals surface area (Å²) in [6, 6.07) is 0. The first-order valence-electron chi connectivity index (χ1n) is 0. The Hall–Kier alpha value is 1.64. The number of hydrogen-bond acceptors (Lipinski definition) is 0. The van der Waals surface area contributed by atoms with Gasteiger partial charge in [-0.1, -0.05) is 0 Å². The van der Waals surface area contributed by atoms with Crippen LogP contribution in [-0.2, 0) is 0 Å². The molecule has 0 rings (SSSR count). The van der Waals surface area contributed by atoms with E-state index in [2.05, 4.69) is 0 Å². The normalized spacial score (nSPS) is 0. The van der Waals surface area contributed by atoms with E-state index in [1.54, 1.807) is 0 Å². The van der Waals surface area contributed by atoms with Gasteiger partial charge in [-0.25, -0.2) is 0 Å². The van der Waals surface area contributed by atoms with Gasteiger partial charge in [0.2, 0.25) is 0 Å². The van der Waals surface area contributed by atoms with Crippen molar-refractivity contribution < 1.29 is 49.3 Å². The monoisotopic (exact) mass is 208 g/mol. The van der Waals surface area contributed by atoms with Gasteiger partial charge in [0, 0.05) is 59.1 Å². The third kappa shape index (κ3) is 402. The van der Waals surface area contributed by atoms with Crippen molar-refractivity contribution in [2.45, 2.75) is 0 Å². The van der Waals surface area contributed by atoms with Crippen molar-refractivity contribution in [1.29, 1.82) is 0 Å². The predicted octanol–water partition coefficient (Wildman–Crippen LogP) is -8.18. The summed E-state index contributed by atoms with van der Waals surface area (Å²) < 4.78 is 0. The van der Waals surface area contributed by atoms with Gasteiger partial charge in [-0.3, -0.25) is 0 Å². The van der Waals surface area contributed by atoms with Gasteiger partial charge in [0.05, 0.1) is 0 Å². The molecule has 0 unspecified atom stereocenters. The van der Waals surface area contributed by atoms with E-state index in [1.807, 2.05) is 0 Å². The van der Waals surface area contributed by atoms with E-state index in [4.69, 9.17) is 0 Å². The zero-order valence-corrected chi connectivity index (χ0v) is 10.5. The fourth-order valence-corrected chi connectivity index (χ4v) is 0. The Morgan fingerprint density at radius 1 is 0.182 bits per heavy atom. The van der Waals surface area contributed by atoms with Crippen LogP contribution in [0.4, 0.5) is 0 Å². The van der Waals surface area contributed by atoms with Gasteiger partial charge in [-0.15, -0.1) is 0 Å². The quantitative estimate of drug-likeness (QED) is 0.334. The standard InChI is InChI=1S/2Na.9H2O/h;;9*1H2. The molecule has 0 aliphatic carbocycles. The molecular weight excluding hydrogens is 190 g/mol. The van der Waals surface area contributed by atoms with Gasteiger partial charge in [-0.2, -0.15) is 0 Å². The average molecular weight is 208 g/mol. The Morgan fingerprint density at radius 2 is 0.182 bits per heavy atom. The predicted molar refractivity (Wildman–Crippen MR) is 44.0 cm³/mol. The summed E-state index contributed by atoms with van der Waals surface area (Å²) in [5, 5.41) is 0. The Kier molecular flexibility index (Phi) is 28400. The molecule has 11 heteroatoms. The van der Waals surface area contributed by atoms with E-state index in [0.717, 1.165) is 0 Å². The molecule has 0 aromatic rings. The molecule has 9 nitrogen and oxygen atoms in total. The second-order valence-electron chi connectivity index (χ2n) is 0. The second kappa shape index (κ2) is 490. The average Bonchev–Trinajstić information content (AvgIpc) is 0. The van der Waals surface area contributed by atoms with Crippen molar-refractivity contribution >= 4 is 59.1 Å². The largest absolute Gasteiger partial charge is 0.412 e. The van der Waals surface area contributed by atoms with E-state index in [9.17, 15) is 0 Å². The molecule has 0 saturated heterocycles. The molecule has 0 aliphatic heterocycles. The van der Waals surface area contributed by atoms with Crippen molar-refractivity contribution in [3.05, 3.63) is 0 Å². The van der Waals surface area contributed by atoms with Crippen LogP contribution in [0.15, 0.2) is 0 Å². The maximum absolute atomic E-state index is 0. The van der Waals surface area contributed by atoms with Crippen LogP contribution >= 0.6 is 0 Å². The zero-order chi connectivity index (χ0) is 0. The molecule has 0 heterocycles. The Morgan fingerprint density at radius 3 is 0.182 bits per heavy atom. The molecule has 0 aromatic heterocycles. The molecule has 0 saturated carbocycles. The van der Waals surface area contributed by atoms with E-state index in [0.29, 0.717) is 0 Å².